The van der Waals surface area contributed by atoms with Gasteiger partial charge in [-0.3, -0.25) is 0 Å². The zero-order chi connectivity index (χ0) is 18.0. The summed E-state index contributed by atoms with van der Waals surface area (Å²) in [5.74, 6) is 2.56. The van der Waals surface area contributed by atoms with Crippen molar-refractivity contribution in [2.24, 2.45) is 5.41 Å². The van der Waals surface area contributed by atoms with E-state index in [0.717, 1.165) is 5.56 Å². The van der Waals surface area contributed by atoms with Crippen molar-refractivity contribution in [2.45, 2.75) is 20.0 Å². The third kappa shape index (κ3) is 3.66. The molecule has 0 amide bonds. The van der Waals surface area contributed by atoms with Crippen LogP contribution in [0.2, 0.25) is 0 Å². The fourth-order valence-corrected chi connectivity index (χ4v) is 2.73. The molecule has 0 saturated heterocycles. The average Bonchev–Trinajstić information content (AvgIpc) is 2.78. The first-order chi connectivity index (χ1) is 11.9. The van der Waals surface area contributed by atoms with Crippen molar-refractivity contribution in [3.05, 3.63) is 47.5 Å². The second kappa shape index (κ2) is 6.84. The second-order valence-electron chi connectivity index (χ2n) is 6.96. The van der Waals surface area contributed by atoms with Gasteiger partial charge in [-0.25, -0.2) is 0 Å². The van der Waals surface area contributed by atoms with E-state index < -0.39 is 6.10 Å². The minimum absolute atomic E-state index is 0.0544. The third-order valence-corrected chi connectivity index (χ3v) is 4.24. The van der Waals surface area contributed by atoms with Gasteiger partial charge in [0.15, 0.2) is 23.0 Å². The van der Waals surface area contributed by atoms with Crippen molar-refractivity contribution in [3.63, 3.8) is 0 Å². The lowest BCUT2D eigenvalue weighted by atomic mass is 9.97. The Morgan fingerprint density at radius 2 is 1.48 bits per heavy atom. The summed E-state index contributed by atoms with van der Waals surface area (Å²) in [6.07, 6.45) is -0.801. The van der Waals surface area contributed by atoms with Gasteiger partial charge in [0.25, 0.3) is 0 Å². The fourth-order valence-electron chi connectivity index (χ4n) is 2.73. The second-order valence-corrected chi connectivity index (χ2v) is 6.96. The molecular weight excluding hydrogens is 320 g/mol. The smallest absolute Gasteiger partial charge is 0.161 e. The van der Waals surface area contributed by atoms with E-state index in [4.69, 9.17) is 18.9 Å². The van der Waals surface area contributed by atoms with Gasteiger partial charge in [-0.2, -0.15) is 0 Å². The van der Waals surface area contributed by atoms with Gasteiger partial charge in [0.2, 0.25) is 0 Å². The van der Waals surface area contributed by atoms with Gasteiger partial charge < -0.3 is 24.1 Å². The highest BCUT2D eigenvalue weighted by molar-refractivity contribution is 5.48. The SMILES string of the molecule is COc1ccc([C@@H](O)c2ccc3c(c2)OCC(C)(C)CO3)cc1OC. The summed E-state index contributed by atoms with van der Waals surface area (Å²) in [5.41, 5.74) is 1.39. The Morgan fingerprint density at radius 3 is 2.16 bits per heavy atom. The van der Waals surface area contributed by atoms with Gasteiger partial charge in [-0.05, 0) is 35.4 Å². The maximum absolute atomic E-state index is 10.8. The van der Waals surface area contributed by atoms with E-state index in [1.165, 1.54) is 0 Å². The van der Waals surface area contributed by atoms with Gasteiger partial charge in [-0.15, -0.1) is 0 Å². The molecule has 0 aromatic heterocycles. The van der Waals surface area contributed by atoms with Crippen molar-refractivity contribution in [3.8, 4) is 23.0 Å². The number of aliphatic hydroxyl groups excluding tert-OH is 1. The number of ether oxygens (including phenoxy) is 4. The van der Waals surface area contributed by atoms with Gasteiger partial charge in [0.05, 0.1) is 27.4 Å². The van der Waals surface area contributed by atoms with Gasteiger partial charge >= 0.3 is 0 Å². The Bertz CT molecular complexity index is 754. The summed E-state index contributed by atoms with van der Waals surface area (Å²) in [5, 5.41) is 10.8. The van der Waals surface area contributed by atoms with Crippen molar-refractivity contribution in [1.29, 1.82) is 0 Å². The molecule has 1 N–H and O–H groups in total. The maximum Gasteiger partial charge on any atom is 0.161 e. The van der Waals surface area contributed by atoms with Crippen molar-refractivity contribution < 1.29 is 24.1 Å². The quantitative estimate of drug-likeness (QED) is 0.919. The number of aliphatic hydroxyl groups is 1. The molecule has 0 unspecified atom stereocenters. The number of methoxy groups -OCH3 is 2. The summed E-state index contributed by atoms with van der Waals surface area (Å²) in [4.78, 5) is 0. The number of benzene rings is 2. The predicted molar refractivity (Wildman–Crippen MR) is 94.8 cm³/mol. The van der Waals surface area contributed by atoms with Crippen LogP contribution in [0.5, 0.6) is 23.0 Å². The van der Waals surface area contributed by atoms with Gasteiger partial charge in [0.1, 0.15) is 6.10 Å². The maximum atomic E-state index is 10.8. The van der Waals surface area contributed by atoms with Gasteiger partial charge in [-0.1, -0.05) is 26.0 Å². The van der Waals surface area contributed by atoms with Crippen LogP contribution in [0.4, 0.5) is 0 Å². The Labute approximate surface area is 148 Å². The summed E-state index contributed by atoms with van der Waals surface area (Å²) in [7, 11) is 3.16. The Hall–Kier alpha value is -2.40. The molecule has 0 radical (unpaired) electrons. The zero-order valence-corrected chi connectivity index (χ0v) is 15.0. The molecule has 0 saturated carbocycles. The van der Waals surface area contributed by atoms with E-state index in [0.29, 0.717) is 41.8 Å². The minimum Gasteiger partial charge on any atom is -0.493 e. The molecular formula is C20H24O5. The molecule has 1 heterocycles. The lowest BCUT2D eigenvalue weighted by molar-refractivity contribution is 0.140. The topological polar surface area (TPSA) is 57.2 Å². The molecule has 1 atom stereocenters. The molecule has 2 aromatic rings. The lowest BCUT2D eigenvalue weighted by Crippen LogP contribution is -2.26. The van der Waals surface area contributed by atoms with Crippen LogP contribution in [0, 0.1) is 5.41 Å². The number of hydrogen-bond acceptors (Lipinski definition) is 5. The fraction of sp³-hybridized carbons (Fsp3) is 0.400. The summed E-state index contributed by atoms with van der Waals surface area (Å²) in [6.45, 7) is 5.35. The monoisotopic (exact) mass is 344 g/mol. The average molecular weight is 344 g/mol. The molecule has 5 nitrogen and oxygen atoms in total. The van der Waals surface area contributed by atoms with E-state index in [2.05, 4.69) is 13.8 Å². The number of rotatable bonds is 4. The molecule has 1 aliphatic heterocycles. The van der Waals surface area contributed by atoms with Crippen LogP contribution < -0.4 is 18.9 Å². The number of hydrogen-bond donors (Lipinski definition) is 1. The van der Waals surface area contributed by atoms with Crippen LogP contribution in [0.25, 0.3) is 0 Å². The van der Waals surface area contributed by atoms with E-state index in [9.17, 15) is 5.11 Å². The van der Waals surface area contributed by atoms with E-state index in [1.807, 2.05) is 24.3 Å². The van der Waals surface area contributed by atoms with Crippen LogP contribution in [0.15, 0.2) is 36.4 Å². The van der Waals surface area contributed by atoms with Crippen LogP contribution in [-0.4, -0.2) is 32.5 Å². The molecule has 1 aliphatic rings. The van der Waals surface area contributed by atoms with Crippen LogP contribution in [-0.2, 0) is 0 Å². The largest absolute Gasteiger partial charge is 0.493 e. The zero-order valence-electron chi connectivity index (χ0n) is 15.0. The molecule has 134 valence electrons. The summed E-state index contributed by atoms with van der Waals surface area (Å²) >= 11 is 0. The predicted octanol–water partition coefficient (Wildman–Crippen LogP) is 3.58. The standard InChI is InChI=1S/C20H24O5/c1-20(2)11-24-16-8-6-14(10-18(16)25-12-20)19(21)13-5-7-15(22-3)17(9-13)23-4/h5-10,19,21H,11-12H2,1-4H3/t19-/m1/s1. The van der Waals surface area contributed by atoms with Crippen LogP contribution in [0.3, 0.4) is 0 Å². The van der Waals surface area contributed by atoms with Crippen LogP contribution >= 0.6 is 0 Å². The molecule has 0 bridgehead atoms. The Morgan fingerprint density at radius 1 is 0.880 bits per heavy atom. The normalized spacial score (nSPS) is 16.7. The summed E-state index contributed by atoms with van der Waals surface area (Å²) < 4.78 is 22.3. The highest BCUT2D eigenvalue weighted by Gasteiger charge is 2.26. The Kier molecular flexibility index (Phi) is 4.77. The Balaban J connectivity index is 1.89. The third-order valence-electron chi connectivity index (χ3n) is 4.24. The molecule has 0 spiro atoms. The minimum atomic E-state index is -0.801. The molecule has 0 fully saturated rings. The highest BCUT2D eigenvalue weighted by atomic mass is 16.5. The van der Waals surface area contributed by atoms with Crippen molar-refractivity contribution >= 4 is 0 Å². The number of fused-ring (bicyclic) bond motifs is 1. The highest BCUT2D eigenvalue weighted by Crippen LogP contribution is 2.38. The molecule has 5 heteroatoms. The lowest BCUT2D eigenvalue weighted by Gasteiger charge is -2.19. The van der Waals surface area contributed by atoms with Crippen molar-refractivity contribution in [1.82, 2.24) is 0 Å². The molecule has 2 aromatic carbocycles. The summed E-state index contributed by atoms with van der Waals surface area (Å²) in [6, 6.07) is 10.9. The molecule has 25 heavy (non-hydrogen) atoms. The first-order valence-electron chi connectivity index (χ1n) is 8.23. The molecule has 0 aliphatic carbocycles. The van der Waals surface area contributed by atoms with Gasteiger partial charge in [0, 0.05) is 5.41 Å². The first kappa shape index (κ1) is 17.4. The van der Waals surface area contributed by atoms with E-state index >= 15 is 0 Å². The van der Waals surface area contributed by atoms with E-state index in [1.54, 1.807) is 26.4 Å². The van der Waals surface area contributed by atoms with Crippen molar-refractivity contribution in [2.75, 3.05) is 27.4 Å². The first-order valence-corrected chi connectivity index (χ1v) is 8.23. The van der Waals surface area contributed by atoms with Crippen LogP contribution in [0.1, 0.15) is 31.1 Å². The molecule has 3 rings (SSSR count). The van der Waals surface area contributed by atoms with E-state index in [-0.39, 0.29) is 5.41 Å².